The number of rotatable bonds is 2. The molecule has 0 aromatic heterocycles. The summed E-state index contributed by atoms with van der Waals surface area (Å²) in [4.78, 5) is 0. The van der Waals surface area contributed by atoms with Crippen LogP contribution in [0.3, 0.4) is 0 Å². The first kappa shape index (κ1) is 26.7. The van der Waals surface area contributed by atoms with E-state index in [9.17, 15) is 10.5 Å². The molecule has 33 heavy (non-hydrogen) atoms. The Morgan fingerprint density at radius 2 is 0.697 bits per heavy atom. The number of hydrogen-bond donors (Lipinski definition) is 0. The van der Waals surface area contributed by atoms with Gasteiger partial charge in [-0.05, 0) is 85.7 Å². The van der Waals surface area contributed by atoms with Crippen LogP contribution >= 0.6 is 0 Å². The van der Waals surface area contributed by atoms with Crippen molar-refractivity contribution in [2.45, 2.75) is 111 Å². The predicted molar refractivity (Wildman–Crippen MR) is 140 cm³/mol. The number of nitrogens with zero attached hydrogens (tertiary/aromatic N) is 2. The van der Waals surface area contributed by atoms with Crippen molar-refractivity contribution in [3.63, 3.8) is 0 Å². The molecule has 176 valence electrons. The van der Waals surface area contributed by atoms with Gasteiger partial charge >= 0.3 is 0 Å². The van der Waals surface area contributed by atoms with E-state index in [1.54, 1.807) is 0 Å². The van der Waals surface area contributed by atoms with Gasteiger partial charge in [0.25, 0.3) is 0 Å². The summed E-state index contributed by atoms with van der Waals surface area (Å²) in [6.45, 7) is 26.8. The molecule has 0 fully saturated rings. The monoisotopic (exact) mass is 442 g/mol. The maximum atomic E-state index is 9.78. The SMILES string of the molecule is CC(C)(C)c1cc(C#N)cc(C(C)(C)C)c1Cc1c(C(C)(C)C)cc(C#N)cc1C(C)(C)C. The summed E-state index contributed by atoms with van der Waals surface area (Å²) in [5.41, 5.74) is 8.61. The van der Waals surface area contributed by atoms with E-state index >= 15 is 0 Å². The van der Waals surface area contributed by atoms with Gasteiger partial charge in [0.05, 0.1) is 23.3 Å². The van der Waals surface area contributed by atoms with E-state index in [1.807, 2.05) is 0 Å². The topological polar surface area (TPSA) is 47.6 Å². The fourth-order valence-electron chi connectivity index (χ4n) is 4.71. The fraction of sp³-hybridized carbons (Fsp3) is 0.548. The molecule has 0 radical (unpaired) electrons. The largest absolute Gasteiger partial charge is 0.192 e. The Bertz CT molecular complexity index is 961. The molecule has 0 atom stereocenters. The zero-order chi connectivity index (χ0) is 25.6. The lowest BCUT2D eigenvalue weighted by molar-refractivity contribution is 0.545. The highest BCUT2D eigenvalue weighted by Crippen LogP contribution is 2.41. The van der Waals surface area contributed by atoms with Crippen LogP contribution in [0.1, 0.15) is 128 Å². The molecular weight excluding hydrogens is 400 g/mol. The molecule has 0 saturated carbocycles. The minimum absolute atomic E-state index is 0.0986. The van der Waals surface area contributed by atoms with Gasteiger partial charge in [0.15, 0.2) is 0 Å². The molecule has 0 N–H and O–H groups in total. The highest BCUT2D eigenvalue weighted by atomic mass is 14.4. The zero-order valence-corrected chi connectivity index (χ0v) is 22.9. The van der Waals surface area contributed by atoms with Gasteiger partial charge in [-0.1, -0.05) is 83.1 Å². The smallest absolute Gasteiger partial charge is 0.0991 e. The average molecular weight is 443 g/mol. The van der Waals surface area contributed by atoms with Gasteiger partial charge in [-0.15, -0.1) is 0 Å². The van der Waals surface area contributed by atoms with Crippen LogP contribution in [-0.2, 0) is 28.1 Å². The second kappa shape index (κ2) is 8.65. The van der Waals surface area contributed by atoms with Gasteiger partial charge in [0.2, 0.25) is 0 Å². The maximum Gasteiger partial charge on any atom is 0.0991 e. The Balaban J connectivity index is 3.05. The van der Waals surface area contributed by atoms with E-state index in [0.29, 0.717) is 0 Å². The second-order valence-corrected chi connectivity index (χ2v) is 13.5. The molecule has 0 aliphatic carbocycles. The van der Waals surface area contributed by atoms with E-state index in [-0.39, 0.29) is 21.7 Å². The van der Waals surface area contributed by atoms with Gasteiger partial charge in [-0.3, -0.25) is 0 Å². The van der Waals surface area contributed by atoms with E-state index in [1.165, 1.54) is 33.4 Å². The lowest BCUT2D eigenvalue weighted by Crippen LogP contribution is -2.25. The Kier molecular flexibility index (Phi) is 6.99. The minimum atomic E-state index is -0.0986. The van der Waals surface area contributed by atoms with Crippen LogP contribution in [0.15, 0.2) is 24.3 Å². The fourth-order valence-corrected chi connectivity index (χ4v) is 4.71. The van der Waals surface area contributed by atoms with Gasteiger partial charge in [-0.2, -0.15) is 10.5 Å². The number of hydrogen-bond acceptors (Lipinski definition) is 2. The molecule has 0 aliphatic heterocycles. The average Bonchev–Trinajstić information content (AvgIpc) is 2.64. The summed E-state index contributed by atoms with van der Waals surface area (Å²) in [6, 6.07) is 13.1. The van der Waals surface area contributed by atoms with Gasteiger partial charge in [0.1, 0.15) is 0 Å². The highest BCUT2D eigenvalue weighted by Gasteiger charge is 2.31. The van der Waals surface area contributed by atoms with E-state index < -0.39 is 0 Å². The summed E-state index contributed by atoms with van der Waals surface area (Å²) in [5.74, 6) is 0. The van der Waals surface area contributed by atoms with E-state index in [2.05, 4.69) is 119 Å². The third-order valence-corrected chi connectivity index (χ3v) is 6.34. The van der Waals surface area contributed by atoms with Crippen LogP contribution in [0, 0.1) is 22.7 Å². The van der Waals surface area contributed by atoms with Crippen molar-refractivity contribution in [2.24, 2.45) is 0 Å². The molecule has 2 aromatic rings. The van der Waals surface area contributed by atoms with Crippen LogP contribution in [0.25, 0.3) is 0 Å². The molecule has 0 unspecified atom stereocenters. The molecule has 2 aromatic carbocycles. The number of nitriles is 2. The molecule has 0 spiro atoms. The van der Waals surface area contributed by atoms with Crippen LogP contribution in [0.4, 0.5) is 0 Å². The number of benzene rings is 2. The van der Waals surface area contributed by atoms with Gasteiger partial charge in [0, 0.05) is 0 Å². The first-order valence-electron chi connectivity index (χ1n) is 12.0. The van der Waals surface area contributed by atoms with Crippen LogP contribution < -0.4 is 0 Å². The van der Waals surface area contributed by atoms with Gasteiger partial charge < -0.3 is 0 Å². The first-order valence-corrected chi connectivity index (χ1v) is 12.0. The molecule has 0 amide bonds. The second-order valence-electron chi connectivity index (χ2n) is 13.5. The van der Waals surface area contributed by atoms with Crippen molar-refractivity contribution >= 4 is 0 Å². The van der Waals surface area contributed by atoms with Crippen LogP contribution in [-0.4, -0.2) is 0 Å². The quantitative estimate of drug-likeness (QED) is 0.470. The predicted octanol–water partition coefficient (Wildman–Crippen LogP) is 8.21. The van der Waals surface area contributed by atoms with Crippen molar-refractivity contribution in [2.75, 3.05) is 0 Å². The Labute approximate surface area is 202 Å². The molecule has 2 rings (SSSR count). The van der Waals surface area contributed by atoms with Crippen LogP contribution in [0.2, 0.25) is 0 Å². The van der Waals surface area contributed by atoms with Crippen molar-refractivity contribution in [1.29, 1.82) is 10.5 Å². The normalized spacial score (nSPS) is 12.9. The molecule has 2 nitrogen and oxygen atoms in total. The van der Waals surface area contributed by atoms with Crippen LogP contribution in [0.5, 0.6) is 0 Å². The first-order chi connectivity index (χ1) is 14.8. The van der Waals surface area contributed by atoms with Crippen molar-refractivity contribution in [1.82, 2.24) is 0 Å². The third kappa shape index (κ3) is 5.86. The summed E-state index contributed by atoms with van der Waals surface area (Å²) >= 11 is 0. The molecule has 0 bridgehead atoms. The maximum absolute atomic E-state index is 9.78. The molecule has 2 heteroatoms. The van der Waals surface area contributed by atoms with Gasteiger partial charge in [-0.25, -0.2) is 0 Å². The van der Waals surface area contributed by atoms with Crippen molar-refractivity contribution in [3.05, 3.63) is 68.8 Å². The van der Waals surface area contributed by atoms with E-state index in [4.69, 9.17) is 0 Å². The molecule has 0 aliphatic rings. The minimum Gasteiger partial charge on any atom is -0.192 e. The molecule has 0 heterocycles. The lowest BCUT2D eigenvalue weighted by atomic mass is 9.70. The standard InChI is InChI=1S/C31H42N2/c1-28(2,3)24-13-20(18-32)14-25(29(4,5)6)22(24)17-23-26(30(7,8)9)15-21(19-33)16-27(23)31(10,11)12/h13-16H,17H2,1-12H3. The summed E-state index contributed by atoms with van der Waals surface area (Å²) in [6.07, 6.45) is 0.788. The molecular formula is C31H42N2. The Morgan fingerprint density at radius 1 is 0.485 bits per heavy atom. The Hall–Kier alpha value is -2.58. The Morgan fingerprint density at radius 3 is 0.848 bits per heavy atom. The van der Waals surface area contributed by atoms with Crippen molar-refractivity contribution in [3.8, 4) is 12.1 Å². The lowest BCUT2D eigenvalue weighted by Gasteiger charge is -2.34. The molecule has 0 saturated heterocycles. The van der Waals surface area contributed by atoms with Crippen molar-refractivity contribution < 1.29 is 0 Å². The summed E-state index contributed by atoms with van der Waals surface area (Å²) < 4.78 is 0. The zero-order valence-electron chi connectivity index (χ0n) is 22.9. The van der Waals surface area contributed by atoms with E-state index in [0.717, 1.165) is 17.5 Å². The highest BCUT2D eigenvalue weighted by molar-refractivity contribution is 5.55. The third-order valence-electron chi connectivity index (χ3n) is 6.34. The summed E-state index contributed by atoms with van der Waals surface area (Å²) in [7, 11) is 0. The summed E-state index contributed by atoms with van der Waals surface area (Å²) in [5, 5.41) is 19.6.